The van der Waals surface area contributed by atoms with Crippen molar-refractivity contribution in [1.82, 2.24) is 5.32 Å². The third kappa shape index (κ3) is 5.62. The second kappa shape index (κ2) is 9.32. The molecule has 3 aromatic rings. The monoisotopic (exact) mass is 442 g/mol. The maximum absolute atomic E-state index is 12.4. The van der Waals surface area contributed by atoms with Gasteiger partial charge in [0, 0.05) is 17.1 Å². The largest absolute Gasteiger partial charge is 0.348 e. The molecule has 0 radical (unpaired) electrons. The average Bonchev–Trinajstić information content (AvgIpc) is 2.72. The van der Waals surface area contributed by atoms with Gasteiger partial charge < -0.3 is 5.32 Å². The lowest BCUT2D eigenvalue weighted by atomic mass is 10.1. The summed E-state index contributed by atoms with van der Waals surface area (Å²) in [6.07, 6.45) is 1.14. The first-order chi connectivity index (χ1) is 14.2. The number of nitrogens with zero attached hydrogens (tertiary/aromatic N) is 1. The maximum Gasteiger partial charge on any atom is 0.251 e. The molecule has 0 aromatic heterocycles. The van der Waals surface area contributed by atoms with Crippen molar-refractivity contribution < 1.29 is 13.2 Å². The third-order valence-electron chi connectivity index (χ3n) is 4.66. The summed E-state index contributed by atoms with van der Waals surface area (Å²) in [6, 6.07) is 21.5. The number of hydrogen-bond donors (Lipinski definition) is 1. The van der Waals surface area contributed by atoms with Crippen molar-refractivity contribution in [3.05, 3.63) is 100 Å². The number of amides is 1. The van der Waals surface area contributed by atoms with Gasteiger partial charge in [-0.3, -0.25) is 9.10 Å². The van der Waals surface area contributed by atoms with Crippen LogP contribution in [-0.2, 0) is 23.1 Å². The smallest absolute Gasteiger partial charge is 0.251 e. The molecule has 0 aliphatic carbocycles. The summed E-state index contributed by atoms with van der Waals surface area (Å²) in [7, 11) is -3.54. The second-order valence-electron chi connectivity index (χ2n) is 7.08. The molecule has 3 rings (SSSR count). The fourth-order valence-corrected chi connectivity index (χ4v) is 4.02. The van der Waals surface area contributed by atoms with Crippen molar-refractivity contribution in [2.24, 2.45) is 0 Å². The molecular weight excluding hydrogens is 420 g/mol. The van der Waals surface area contributed by atoms with Crippen LogP contribution in [0.1, 0.15) is 27.0 Å². The fraction of sp³-hybridized carbons (Fsp3) is 0.174. The highest BCUT2D eigenvalue weighted by atomic mass is 35.5. The number of sulfonamides is 1. The zero-order valence-electron chi connectivity index (χ0n) is 16.8. The third-order valence-corrected chi connectivity index (χ3v) is 6.17. The van der Waals surface area contributed by atoms with Crippen LogP contribution in [0.3, 0.4) is 0 Å². The van der Waals surface area contributed by atoms with Crippen LogP contribution in [0.15, 0.2) is 72.8 Å². The Bertz CT molecular complexity index is 1130. The number of rotatable bonds is 7. The number of anilines is 1. The molecule has 0 saturated heterocycles. The zero-order chi connectivity index (χ0) is 21.7. The minimum absolute atomic E-state index is 0.109. The lowest BCUT2D eigenvalue weighted by Crippen LogP contribution is -2.29. The molecular formula is C23H23ClN2O3S. The number of carbonyl (C=O) groups is 1. The van der Waals surface area contributed by atoms with Crippen molar-refractivity contribution in [3.8, 4) is 0 Å². The average molecular weight is 443 g/mol. The molecule has 7 heteroatoms. The van der Waals surface area contributed by atoms with Gasteiger partial charge >= 0.3 is 0 Å². The van der Waals surface area contributed by atoms with E-state index in [1.165, 1.54) is 4.31 Å². The number of hydrogen-bond acceptors (Lipinski definition) is 3. The normalized spacial score (nSPS) is 11.2. The molecule has 0 aliphatic rings. The van der Waals surface area contributed by atoms with E-state index in [1.54, 1.807) is 42.5 Å². The van der Waals surface area contributed by atoms with Crippen molar-refractivity contribution >= 4 is 33.2 Å². The van der Waals surface area contributed by atoms with E-state index in [4.69, 9.17) is 11.6 Å². The maximum atomic E-state index is 12.4. The molecule has 0 bridgehead atoms. The van der Waals surface area contributed by atoms with Gasteiger partial charge in [0.05, 0.1) is 18.5 Å². The highest BCUT2D eigenvalue weighted by Crippen LogP contribution is 2.24. The number of nitrogens with one attached hydrogen (secondary N) is 1. The first-order valence-electron chi connectivity index (χ1n) is 9.39. The van der Waals surface area contributed by atoms with Crippen LogP contribution < -0.4 is 9.62 Å². The first-order valence-corrected chi connectivity index (χ1v) is 11.6. The SMILES string of the molecule is Cc1ccc(CNC(=O)c2ccc(N(Cc3ccccc3Cl)S(C)(=O)=O)cc2)cc1. The van der Waals surface area contributed by atoms with Crippen molar-refractivity contribution in [1.29, 1.82) is 0 Å². The predicted molar refractivity (Wildman–Crippen MR) is 121 cm³/mol. The standard InChI is InChI=1S/C23H23ClN2O3S/c1-17-7-9-18(10-8-17)15-25-23(27)19-11-13-21(14-12-19)26(30(2,28)29)16-20-5-3-4-6-22(20)24/h3-14H,15-16H2,1-2H3,(H,25,27). The highest BCUT2D eigenvalue weighted by molar-refractivity contribution is 7.92. The van der Waals surface area contributed by atoms with E-state index in [0.29, 0.717) is 28.4 Å². The van der Waals surface area contributed by atoms with E-state index in [1.807, 2.05) is 37.3 Å². The molecule has 30 heavy (non-hydrogen) atoms. The number of halogens is 1. The van der Waals surface area contributed by atoms with Gasteiger partial charge in [-0.25, -0.2) is 8.42 Å². The highest BCUT2D eigenvalue weighted by Gasteiger charge is 2.19. The Morgan fingerprint density at radius 1 is 0.967 bits per heavy atom. The summed E-state index contributed by atoms with van der Waals surface area (Å²) in [4.78, 5) is 12.4. The quantitative estimate of drug-likeness (QED) is 0.584. The molecule has 0 aliphatic heterocycles. The van der Waals surface area contributed by atoms with Crippen LogP contribution in [0.5, 0.6) is 0 Å². The molecule has 3 aromatic carbocycles. The minimum atomic E-state index is -3.54. The summed E-state index contributed by atoms with van der Waals surface area (Å²) in [5, 5.41) is 3.37. The molecule has 5 nitrogen and oxygen atoms in total. The fourth-order valence-electron chi connectivity index (χ4n) is 2.95. The minimum Gasteiger partial charge on any atom is -0.348 e. The van der Waals surface area contributed by atoms with Crippen molar-refractivity contribution in [2.45, 2.75) is 20.0 Å². The molecule has 0 saturated carbocycles. The number of aryl methyl sites for hydroxylation is 1. The Hall–Kier alpha value is -2.83. The molecule has 0 spiro atoms. The van der Waals surface area contributed by atoms with Crippen LogP contribution in [-0.4, -0.2) is 20.6 Å². The van der Waals surface area contributed by atoms with E-state index in [0.717, 1.165) is 17.4 Å². The molecule has 1 amide bonds. The Balaban J connectivity index is 1.73. The molecule has 1 N–H and O–H groups in total. The van der Waals surface area contributed by atoms with Crippen LogP contribution in [0.4, 0.5) is 5.69 Å². The molecule has 0 atom stereocenters. The molecule has 156 valence electrons. The molecule has 0 fully saturated rings. The molecule has 0 unspecified atom stereocenters. The van der Waals surface area contributed by atoms with Crippen LogP contribution >= 0.6 is 11.6 Å². The first kappa shape index (κ1) is 21.9. The van der Waals surface area contributed by atoms with E-state index in [-0.39, 0.29) is 12.5 Å². The van der Waals surface area contributed by atoms with Crippen LogP contribution in [0.25, 0.3) is 0 Å². The summed E-state index contributed by atoms with van der Waals surface area (Å²) in [5.74, 6) is -0.223. The van der Waals surface area contributed by atoms with E-state index in [9.17, 15) is 13.2 Å². The zero-order valence-corrected chi connectivity index (χ0v) is 18.4. The van der Waals surface area contributed by atoms with Crippen molar-refractivity contribution in [3.63, 3.8) is 0 Å². The van der Waals surface area contributed by atoms with Gasteiger partial charge in [0.15, 0.2) is 0 Å². The van der Waals surface area contributed by atoms with Gasteiger partial charge in [-0.1, -0.05) is 59.6 Å². The summed E-state index contributed by atoms with van der Waals surface area (Å²) >= 11 is 6.19. The Morgan fingerprint density at radius 2 is 1.60 bits per heavy atom. The topological polar surface area (TPSA) is 66.5 Å². The van der Waals surface area contributed by atoms with E-state index in [2.05, 4.69) is 5.32 Å². The summed E-state index contributed by atoms with van der Waals surface area (Å²) in [5.41, 5.74) is 3.79. The number of carbonyl (C=O) groups excluding carboxylic acids is 1. The Labute approximate surface area is 182 Å². The van der Waals surface area contributed by atoms with Gasteiger partial charge in [0.1, 0.15) is 0 Å². The Kier molecular flexibility index (Phi) is 6.80. The van der Waals surface area contributed by atoms with E-state index >= 15 is 0 Å². The lowest BCUT2D eigenvalue weighted by Gasteiger charge is -2.23. The number of benzene rings is 3. The van der Waals surface area contributed by atoms with Crippen molar-refractivity contribution in [2.75, 3.05) is 10.6 Å². The van der Waals surface area contributed by atoms with Crippen LogP contribution in [0.2, 0.25) is 5.02 Å². The van der Waals surface area contributed by atoms with Gasteiger partial charge in [-0.05, 0) is 48.4 Å². The van der Waals surface area contributed by atoms with Gasteiger partial charge in [0.2, 0.25) is 10.0 Å². The summed E-state index contributed by atoms with van der Waals surface area (Å²) in [6.45, 7) is 2.54. The summed E-state index contributed by atoms with van der Waals surface area (Å²) < 4.78 is 26.0. The predicted octanol–water partition coefficient (Wildman–Crippen LogP) is 4.54. The van der Waals surface area contributed by atoms with E-state index < -0.39 is 10.0 Å². The van der Waals surface area contributed by atoms with Gasteiger partial charge in [-0.15, -0.1) is 0 Å². The van der Waals surface area contributed by atoms with Gasteiger partial charge in [0.25, 0.3) is 5.91 Å². The molecule has 0 heterocycles. The van der Waals surface area contributed by atoms with Crippen LogP contribution in [0, 0.1) is 6.92 Å². The van der Waals surface area contributed by atoms with Gasteiger partial charge in [-0.2, -0.15) is 0 Å². The Morgan fingerprint density at radius 3 is 2.20 bits per heavy atom. The second-order valence-corrected chi connectivity index (χ2v) is 9.39. The lowest BCUT2D eigenvalue weighted by molar-refractivity contribution is 0.0951.